The molecule has 0 amide bonds. The molecule has 0 bridgehead atoms. The summed E-state index contributed by atoms with van der Waals surface area (Å²) in [7, 11) is 0. The van der Waals surface area contributed by atoms with Crippen molar-refractivity contribution < 1.29 is 4.74 Å². The number of fused-ring (bicyclic) bond motifs is 1. The quantitative estimate of drug-likeness (QED) is 0.910. The molecule has 4 heteroatoms. The molecule has 0 fully saturated rings. The fraction of sp³-hybridized carbons (Fsp3) is 0.286. The van der Waals surface area contributed by atoms with E-state index in [1.54, 1.807) is 11.3 Å². The zero-order valence-corrected chi connectivity index (χ0v) is 12.4. The molecule has 0 saturated carbocycles. The van der Waals surface area contributed by atoms with Crippen LogP contribution in [-0.4, -0.2) is 6.10 Å². The maximum absolute atomic E-state index is 6.33. The summed E-state index contributed by atoms with van der Waals surface area (Å²) >= 11 is 5.23. The minimum absolute atomic E-state index is 0.0689. The van der Waals surface area contributed by atoms with E-state index in [1.807, 2.05) is 12.1 Å². The molecule has 0 spiro atoms. The standard InChI is InChI=1S/C14H14BrNOS/c1-8-6-10-7-9(2-3-12(10)17-8)13(16)14-11(15)4-5-18-14/h2-5,7-8,13H,6,16H2,1H3. The third-order valence-electron chi connectivity index (χ3n) is 3.21. The van der Waals surface area contributed by atoms with E-state index in [9.17, 15) is 0 Å². The van der Waals surface area contributed by atoms with Gasteiger partial charge in [-0.25, -0.2) is 0 Å². The molecule has 2 aromatic rings. The Bertz CT molecular complexity index is 581. The summed E-state index contributed by atoms with van der Waals surface area (Å²) < 4.78 is 6.80. The van der Waals surface area contributed by atoms with Gasteiger partial charge >= 0.3 is 0 Å². The molecule has 3 rings (SSSR count). The second-order valence-corrected chi connectivity index (χ2v) is 6.41. The van der Waals surface area contributed by atoms with E-state index in [2.05, 4.69) is 40.4 Å². The summed E-state index contributed by atoms with van der Waals surface area (Å²) in [6.45, 7) is 2.09. The number of nitrogens with two attached hydrogens (primary N) is 1. The minimum atomic E-state index is -0.0689. The van der Waals surface area contributed by atoms with Crippen molar-refractivity contribution >= 4 is 27.3 Å². The van der Waals surface area contributed by atoms with Gasteiger partial charge in [-0.15, -0.1) is 11.3 Å². The number of halogens is 1. The Morgan fingerprint density at radius 2 is 2.28 bits per heavy atom. The molecule has 1 aliphatic rings. The molecule has 0 aliphatic carbocycles. The van der Waals surface area contributed by atoms with Crippen molar-refractivity contribution in [3.63, 3.8) is 0 Å². The summed E-state index contributed by atoms with van der Waals surface area (Å²) in [5.74, 6) is 1.00. The van der Waals surface area contributed by atoms with Crippen LogP contribution < -0.4 is 10.5 Å². The van der Waals surface area contributed by atoms with Crippen LogP contribution in [0.3, 0.4) is 0 Å². The van der Waals surface area contributed by atoms with Crippen LogP contribution in [0.25, 0.3) is 0 Å². The summed E-state index contributed by atoms with van der Waals surface area (Å²) in [6, 6.07) is 8.25. The molecule has 18 heavy (non-hydrogen) atoms. The Balaban J connectivity index is 1.94. The zero-order valence-electron chi connectivity index (χ0n) is 10.0. The highest BCUT2D eigenvalue weighted by molar-refractivity contribution is 9.10. The molecule has 2 N–H and O–H groups in total. The van der Waals surface area contributed by atoms with Gasteiger partial charge in [0, 0.05) is 15.8 Å². The van der Waals surface area contributed by atoms with E-state index >= 15 is 0 Å². The smallest absolute Gasteiger partial charge is 0.123 e. The molecule has 2 unspecified atom stereocenters. The predicted molar refractivity (Wildman–Crippen MR) is 78.3 cm³/mol. The highest BCUT2D eigenvalue weighted by atomic mass is 79.9. The summed E-state index contributed by atoms with van der Waals surface area (Å²) in [5, 5.41) is 2.05. The number of hydrogen-bond acceptors (Lipinski definition) is 3. The lowest BCUT2D eigenvalue weighted by molar-refractivity contribution is 0.254. The van der Waals surface area contributed by atoms with Gasteiger partial charge in [0.25, 0.3) is 0 Å². The van der Waals surface area contributed by atoms with Crippen LogP contribution in [-0.2, 0) is 6.42 Å². The molecular weight excluding hydrogens is 310 g/mol. The normalized spacial score (nSPS) is 19.4. The summed E-state index contributed by atoms with van der Waals surface area (Å²) in [5.41, 5.74) is 8.74. The predicted octanol–water partition coefficient (Wildman–Crippen LogP) is 3.88. The Labute approximate surface area is 119 Å². The number of rotatable bonds is 2. The SMILES string of the molecule is CC1Cc2cc(C(N)c3sccc3Br)ccc2O1. The number of hydrogen-bond donors (Lipinski definition) is 1. The third-order valence-corrected chi connectivity index (χ3v) is 5.16. The summed E-state index contributed by atoms with van der Waals surface area (Å²) in [4.78, 5) is 1.17. The Hall–Kier alpha value is -0.840. The Kier molecular flexibility index (Phi) is 3.18. The van der Waals surface area contributed by atoms with Gasteiger partial charge in [-0.05, 0) is 51.5 Å². The molecule has 1 aromatic carbocycles. The van der Waals surface area contributed by atoms with E-state index in [0.29, 0.717) is 0 Å². The number of thiophene rings is 1. The first-order chi connectivity index (χ1) is 8.65. The number of benzene rings is 1. The van der Waals surface area contributed by atoms with Gasteiger partial charge in [0.1, 0.15) is 11.9 Å². The van der Waals surface area contributed by atoms with Crippen LogP contribution in [0.5, 0.6) is 5.75 Å². The fourth-order valence-corrected chi connectivity index (χ4v) is 3.96. The van der Waals surface area contributed by atoms with E-state index in [1.165, 1.54) is 10.4 Å². The van der Waals surface area contributed by atoms with Crippen molar-refractivity contribution in [3.05, 3.63) is 50.1 Å². The van der Waals surface area contributed by atoms with Crippen molar-refractivity contribution in [3.8, 4) is 5.75 Å². The fourth-order valence-electron chi connectivity index (χ4n) is 2.31. The van der Waals surface area contributed by atoms with Crippen LogP contribution in [0.1, 0.15) is 29.0 Å². The largest absolute Gasteiger partial charge is 0.490 e. The summed E-state index contributed by atoms with van der Waals surface area (Å²) in [6.07, 6.45) is 1.25. The van der Waals surface area contributed by atoms with Gasteiger partial charge < -0.3 is 10.5 Å². The zero-order chi connectivity index (χ0) is 12.7. The molecule has 94 valence electrons. The Morgan fingerprint density at radius 3 is 3.00 bits per heavy atom. The average molecular weight is 324 g/mol. The van der Waals surface area contributed by atoms with Crippen LogP contribution in [0.2, 0.25) is 0 Å². The highest BCUT2D eigenvalue weighted by Gasteiger charge is 2.21. The first kappa shape index (κ1) is 12.2. The van der Waals surface area contributed by atoms with Gasteiger partial charge in [-0.1, -0.05) is 12.1 Å². The number of ether oxygens (including phenoxy) is 1. The van der Waals surface area contributed by atoms with Crippen LogP contribution in [0, 0.1) is 0 Å². The molecule has 1 aromatic heterocycles. The first-order valence-corrected chi connectivity index (χ1v) is 7.60. The molecule has 2 heterocycles. The second-order valence-electron chi connectivity index (χ2n) is 4.61. The van der Waals surface area contributed by atoms with E-state index in [-0.39, 0.29) is 12.1 Å². The van der Waals surface area contributed by atoms with Gasteiger partial charge in [-0.3, -0.25) is 0 Å². The van der Waals surface area contributed by atoms with Gasteiger partial charge in [-0.2, -0.15) is 0 Å². The molecule has 1 aliphatic heterocycles. The highest BCUT2D eigenvalue weighted by Crippen LogP contribution is 2.35. The maximum Gasteiger partial charge on any atom is 0.123 e. The lowest BCUT2D eigenvalue weighted by atomic mass is 10.0. The van der Waals surface area contributed by atoms with E-state index in [0.717, 1.165) is 22.2 Å². The van der Waals surface area contributed by atoms with Crippen LogP contribution in [0.15, 0.2) is 34.1 Å². The van der Waals surface area contributed by atoms with Crippen molar-refractivity contribution in [1.82, 2.24) is 0 Å². The van der Waals surface area contributed by atoms with Crippen LogP contribution in [0.4, 0.5) is 0 Å². The maximum atomic E-state index is 6.33. The van der Waals surface area contributed by atoms with Crippen molar-refractivity contribution in [2.24, 2.45) is 5.73 Å². The minimum Gasteiger partial charge on any atom is -0.490 e. The topological polar surface area (TPSA) is 35.2 Å². The second kappa shape index (κ2) is 4.68. The Morgan fingerprint density at radius 1 is 1.44 bits per heavy atom. The molecular formula is C14H14BrNOS. The molecule has 2 nitrogen and oxygen atoms in total. The van der Waals surface area contributed by atoms with Crippen molar-refractivity contribution in [2.45, 2.75) is 25.5 Å². The van der Waals surface area contributed by atoms with Crippen molar-refractivity contribution in [1.29, 1.82) is 0 Å². The van der Waals surface area contributed by atoms with Gasteiger partial charge in [0.05, 0.1) is 6.04 Å². The lowest BCUT2D eigenvalue weighted by Crippen LogP contribution is -2.10. The van der Waals surface area contributed by atoms with E-state index < -0.39 is 0 Å². The first-order valence-electron chi connectivity index (χ1n) is 5.93. The third kappa shape index (κ3) is 2.09. The molecule has 0 radical (unpaired) electrons. The average Bonchev–Trinajstić information content (AvgIpc) is 2.91. The van der Waals surface area contributed by atoms with Gasteiger partial charge in [0.2, 0.25) is 0 Å². The molecule has 0 saturated heterocycles. The van der Waals surface area contributed by atoms with Crippen LogP contribution >= 0.6 is 27.3 Å². The van der Waals surface area contributed by atoms with Gasteiger partial charge in [0.15, 0.2) is 0 Å². The monoisotopic (exact) mass is 323 g/mol. The molecule has 2 atom stereocenters. The lowest BCUT2D eigenvalue weighted by Gasteiger charge is -2.12. The van der Waals surface area contributed by atoms with E-state index in [4.69, 9.17) is 10.5 Å². The van der Waals surface area contributed by atoms with Crippen molar-refractivity contribution in [2.75, 3.05) is 0 Å².